The maximum absolute atomic E-state index is 11.7. The number of benzene rings is 1. The number of hydrogen-bond acceptors (Lipinski definition) is 3. The largest absolute Gasteiger partial charge is 0.710 e. The molecule has 0 bridgehead atoms. The Bertz CT molecular complexity index is 596. The van der Waals surface area contributed by atoms with Gasteiger partial charge < -0.3 is 5.21 Å². The zero-order chi connectivity index (χ0) is 12.8. The van der Waals surface area contributed by atoms with E-state index in [2.05, 4.69) is 0 Å². The SMILES string of the molecule is CC(C)(C)n1c[n+]([O-])c2cc([N+](=O)[O-])ccc21. The lowest BCUT2D eigenvalue weighted by Crippen LogP contribution is -2.26. The Morgan fingerprint density at radius 1 is 1.35 bits per heavy atom. The van der Waals surface area contributed by atoms with E-state index in [1.165, 1.54) is 18.5 Å². The van der Waals surface area contributed by atoms with Crippen molar-refractivity contribution in [3.05, 3.63) is 39.8 Å². The van der Waals surface area contributed by atoms with Crippen LogP contribution < -0.4 is 4.73 Å². The fourth-order valence-corrected chi connectivity index (χ4v) is 1.77. The van der Waals surface area contributed by atoms with E-state index in [0.717, 1.165) is 0 Å². The second kappa shape index (κ2) is 3.44. The molecule has 0 N–H and O–H groups in total. The summed E-state index contributed by atoms with van der Waals surface area (Å²) in [5, 5.41) is 22.3. The molecule has 90 valence electrons. The van der Waals surface area contributed by atoms with E-state index in [-0.39, 0.29) is 11.2 Å². The first kappa shape index (κ1) is 11.4. The van der Waals surface area contributed by atoms with E-state index in [0.29, 0.717) is 15.8 Å². The molecular weight excluding hydrogens is 222 g/mol. The lowest BCUT2D eigenvalue weighted by atomic mass is 10.1. The van der Waals surface area contributed by atoms with Crippen LogP contribution in [0.1, 0.15) is 20.8 Å². The van der Waals surface area contributed by atoms with Crippen LogP contribution in [0, 0.1) is 15.3 Å². The van der Waals surface area contributed by atoms with Gasteiger partial charge >= 0.3 is 0 Å². The molecule has 6 nitrogen and oxygen atoms in total. The Morgan fingerprint density at radius 2 is 2.00 bits per heavy atom. The zero-order valence-corrected chi connectivity index (χ0v) is 9.88. The molecule has 0 radical (unpaired) electrons. The molecule has 17 heavy (non-hydrogen) atoms. The first-order chi connectivity index (χ1) is 7.80. The molecular formula is C11H13N3O3. The maximum Gasteiger partial charge on any atom is 0.274 e. The summed E-state index contributed by atoms with van der Waals surface area (Å²) in [5.74, 6) is 0. The van der Waals surface area contributed by atoms with Crippen molar-refractivity contribution < 1.29 is 9.65 Å². The molecule has 0 saturated heterocycles. The van der Waals surface area contributed by atoms with Crippen LogP contribution in [0.3, 0.4) is 0 Å². The standard InChI is InChI=1S/C11H13N3O3/c1-11(2,3)12-7-13(15)10-6-8(14(16)17)4-5-9(10)12/h4-7H,1-3H3. The summed E-state index contributed by atoms with van der Waals surface area (Å²) in [6.07, 6.45) is 1.41. The van der Waals surface area contributed by atoms with E-state index in [9.17, 15) is 15.3 Å². The molecule has 0 spiro atoms. The summed E-state index contributed by atoms with van der Waals surface area (Å²) >= 11 is 0. The van der Waals surface area contributed by atoms with Crippen molar-refractivity contribution >= 4 is 16.7 Å². The summed E-state index contributed by atoms with van der Waals surface area (Å²) in [4.78, 5) is 10.1. The van der Waals surface area contributed by atoms with Crippen LogP contribution in [0.2, 0.25) is 0 Å². The van der Waals surface area contributed by atoms with Gasteiger partial charge in [0, 0.05) is 6.07 Å². The molecule has 0 amide bonds. The average Bonchev–Trinajstić information content (AvgIpc) is 2.55. The Kier molecular flexibility index (Phi) is 2.30. The predicted molar refractivity (Wildman–Crippen MR) is 62.5 cm³/mol. The molecule has 2 aromatic rings. The van der Waals surface area contributed by atoms with Crippen molar-refractivity contribution in [3.8, 4) is 0 Å². The number of nitrogens with zero attached hydrogens (tertiary/aromatic N) is 3. The van der Waals surface area contributed by atoms with Crippen LogP contribution in [0.25, 0.3) is 11.0 Å². The smallest absolute Gasteiger partial charge is 0.274 e. The van der Waals surface area contributed by atoms with Gasteiger partial charge in [-0.05, 0) is 26.8 Å². The summed E-state index contributed by atoms with van der Waals surface area (Å²) < 4.78 is 2.46. The van der Waals surface area contributed by atoms with Gasteiger partial charge in [-0.1, -0.05) is 0 Å². The third-order valence-corrected chi connectivity index (χ3v) is 2.61. The second-order valence-corrected chi connectivity index (χ2v) is 4.91. The summed E-state index contributed by atoms with van der Waals surface area (Å²) in [5.41, 5.74) is 0.685. The summed E-state index contributed by atoms with van der Waals surface area (Å²) in [7, 11) is 0. The fourth-order valence-electron chi connectivity index (χ4n) is 1.77. The summed E-state index contributed by atoms with van der Waals surface area (Å²) in [6.45, 7) is 5.90. The van der Waals surface area contributed by atoms with Crippen LogP contribution in [-0.4, -0.2) is 9.49 Å². The highest BCUT2D eigenvalue weighted by Crippen LogP contribution is 2.23. The number of nitro groups is 1. The van der Waals surface area contributed by atoms with Gasteiger partial charge in [-0.25, -0.2) is 9.30 Å². The van der Waals surface area contributed by atoms with E-state index < -0.39 is 4.92 Å². The molecule has 0 unspecified atom stereocenters. The third kappa shape index (κ3) is 1.82. The van der Waals surface area contributed by atoms with Crippen molar-refractivity contribution in [2.75, 3.05) is 0 Å². The van der Waals surface area contributed by atoms with Crippen LogP contribution in [0.5, 0.6) is 0 Å². The topological polar surface area (TPSA) is 75.0 Å². The first-order valence-corrected chi connectivity index (χ1v) is 5.20. The van der Waals surface area contributed by atoms with Gasteiger partial charge in [-0.2, -0.15) is 0 Å². The molecule has 6 heteroatoms. The van der Waals surface area contributed by atoms with Crippen LogP contribution in [-0.2, 0) is 5.54 Å². The third-order valence-electron chi connectivity index (χ3n) is 2.61. The normalized spacial score (nSPS) is 11.9. The predicted octanol–water partition coefficient (Wildman–Crippen LogP) is 1.94. The lowest BCUT2D eigenvalue weighted by molar-refractivity contribution is -0.578. The van der Waals surface area contributed by atoms with Gasteiger partial charge in [-0.3, -0.25) is 10.1 Å². The second-order valence-electron chi connectivity index (χ2n) is 4.91. The van der Waals surface area contributed by atoms with Crippen molar-refractivity contribution in [1.82, 2.24) is 4.57 Å². The highest BCUT2D eigenvalue weighted by atomic mass is 16.6. The Morgan fingerprint density at radius 3 is 2.53 bits per heavy atom. The molecule has 1 aromatic carbocycles. The monoisotopic (exact) mass is 235 g/mol. The molecule has 1 aromatic heterocycles. The van der Waals surface area contributed by atoms with Gasteiger partial charge in [0.1, 0.15) is 5.54 Å². The lowest BCUT2D eigenvalue weighted by Gasteiger charge is -2.14. The Balaban J connectivity index is 2.74. The van der Waals surface area contributed by atoms with Crippen LogP contribution in [0.15, 0.2) is 24.5 Å². The molecule has 0 saturated carbocycles. The highest BCUT2D eigenvalue weighted by molar-refractivity contribution is 5.75. The van der Waals surface area contributed by atoms with E-state index in [1.54, 1.807) is 10.6 Å². The van der Waals surface area contributed by atoms with Gasteiger partial charge in [-0.15, -0.1) is 0 Å². The molecule has 0 aliphatic rings. The molecule has 0 fully saturated rings. The minimum atomic E-state index is -0.506. The van der Waals surface area contributed by atoms with Crippen molar-refractivity contribution in [1.29, 1.82) is 0 Å². The van der Waals surface area contributed by atoms with Gasteiger partial charge in [0.25, 0.3) is 5.69 Å². The van der Waals surface area contributed by atoms with Crippen molar-refractivity contribution in [2.45, 2.75) is 26.3 Å². The van der Waals surface area contributed by atoms with E-state index in [1.807, 2.05) is 20.8 Å². The first-order valence-electron chi connectivity index (χ1n) is 5.20. The Labute approximate surface area is 97.8 Å². The maximum atomic E-state index is 11.7. The molecule has 2 rings (SSSR count). The number of imidazole rings is 1. The van der Waals surface area contributed by atoms with Crippen molar-refractivity contribution in [2.24, 2.45) is 0 Å². The number of non-ortho nitro benzene ring substituents is 1. The highest BCUT2D eigenvalue weighted by Gasteiger charge is 2.25. The van der Waals surface area contributed by atoms with Gasteiger partial charge in [0.2, 0.25) is 6.33 Å². The zero-order valence-electron chi connectivity index (χ0n) is 9.88. The number of hydrogen-bond donors (Lipinski definition) is 0. The van der Waals surface area contributed by atoms with Crippen LogP contribution in [0.4, 0.5) is 5.69 Å². The van der Waals surface area contributed by atoms with E-state index in [4.69, 9.17) is 0 Å². The molecule has 0 atom stereocenters. The minimum Gasteiger partial charge on any atom is -0.710 e. The van der Waals surface area contributed by atoms with E-state index >= 15 is 0 Å². The number of aromatic nitrogens is 2. The Hall–Kier alpha value is -2.11. The number of fused-ring (bicyclic) bond motifs is 1. The average molecular weight is 235 g/mol. The molecule has 0 aliphatic heterocycles. The molecule has 1 heterocycles. The fraction of sp³-hybridized carbons (Fsp3) is 0.364. The quantitative estimate of drug-likeness (QED) is 0.328. The minimum absolute atomic E-state index is 0.0752. The van der Waals surface area contributed by atoms with Crippen molar-refractivity contribution in [3.63, 3.8) is 0 Å². The number of nitro benzene ring substituents is 1. The van der Waals surface area contributed by atoms with Gasteiger partial charge in [0.05, 0.1) is 11.0 Å². The van der Waals surface area contributed by atoms with Gasteiger partial charge in [0.15, 0.2) is 11.0 Å². The number of rotatable bonds is 1. The van der Waals surface area contributed by atoms with Crippen LogP contribution >= 0.6 is 0 Å². The molecule has 0 aliphatic carbocycles. The summed E-state index contributed by atoms with van der Waals surface area (Å²) in [6, 6.07) is 4.31.